The Morgan fingerprint density at radius 3 is 3.05 bits per heavy atom. The fourth-order valence-electron chi connectivity index (χ4n) is 2.25. The summed E-state index contributed by atoms with van der Waals surface area (Å²) in [5, 5.41) is 9.56. The second-order valence-electron chi connectivity index (χ2n) is 5.05. The molecule has 2 rings (SSSR count). The molecule has 0 spiro atoms. The predicted molar refractivity (Wildman–Crippen MR) is 73.6 cm³/mol. The highest BCUT2D eigenvalue weighted by Gasteiger charge is 2.21. The Morgan fingerprint density at radius 1 is 1.68 bits per heavy atom. The summed E-state index contributed by atoms with van der Waals surface area (Å²) in [6, 6.07) is 0. The highest BCUT2D eigenvalue weighted by atomic mass is 32.2. The number of hydrogen-bond acceptors (Lipinski definition) is 4. The van der Waals surface area contributed by atoms with Crippen LogP contribution in [-0.2, 0) is 16.1 Å². The molecule has 0 aliphatic carbocycles. The molecular weight excluding hydrogens is 264 g/mol. The minimum absolute atomic E-state index is 0.0417. The molecule has 0 saturated carbocycles. The van der Waals surface area contributed by atoms with Crippen LogP contribution in [-0.4, -0.2) is 39.1 Å². The summed E-state index contributed by atoms with van der Waals surface area (Å²) in [6.45, 7) is 5.84. The summed E-state index contributed by atoms with van der Waals surface area (Å²) in [7, 11) is 0. The maximum Gasteiger partial charge on any atom is 0.313 e. The topological polar surface area (TPSA) is 64.3 Å². The number of ether oxygens (including phenoxy) is 1. The van der Waals surface area contributed by atoms with Gasteiger partial charge < -0.3 is 14.4 Å². The van der Waals surface area contributed by atoms with Gasteiger partial charge in [0.2, 0.25) is 0 Å². The number of rotatable bonds is 6. The van der Waals surface area contributed by atoms with Crippen LogP contribution in [0.5, 0.6) is 0 Å². The number of imidazole rings is 1. The molecule has 0 radical (unpaired) electrons. The van der Waals surface area contributed by atoms with Crippen molar-refractivity contribution >= 4 is 17.7 Å². The molecular formula is C13H20N2O3S. The van der Waals surface area contributed by atoms with Gasteiger partial charge in [-0.3, -0.25) is 4.79 Å². The Bertz CT molecular complexity index is 439. The van der Waals surface area contributed by atoms with E-state index in [1.807, 2.05) is 6.20 Å². The van der Waals surface area contributed by atoms with Gasteiger partial charge in [0.25, 0.3) is 0 Å². The maximum absolute atomic E-state index is 10.7. The lowest BCUT2D eigenvalue weighted by Gasteiger charge is -2.17. The summed E-state index contributed by atoms with van der Waals surface area (Å²) >= 11 is 1.27. The number of hydrogen-bond donors (Lipinski definition) is 1. The van der Waals surface area contributed by atoms with Crippen LogP contribution in [0.1, 0.15) is 38.3 Å². The number of aromatic nitrogens is 2. The van der Waals surface area contributed by atoms with Crippen molar-refractivity contribution in [3.8, 4) is 0 Å². The van der Waals surface area contributed by atoms with Gasteiger partial charge in [-0.1, -0.05) is 25.6 Å². The normalized spacial score (nSPS) is 19.2. The Hall–Kier alpha value is -1.01. The van der Waals surface area contributed by atoms with E-state index >= 15 is 0 Å². The predicted octanol–water partition coefficient (Wildman–Crippen LogP) is 2.36. The summed E-state index contributed by atoms with van der Waals surface area (Å²) in [5.74, 6) is -0.407. The summed E-state index contributed by atoms with van der Waals surface area (Å²) in [6.07, 6.45) is 4.26. The minimum Gasteiger partial charge on any atom is -0.481 e. The van der Waals surface area contributed by atoms with Crippen LogP contribution >= 0.6 is 11.8 Å². The van der Waals surface area contributed by atoms with Gasteiger partial charge in [0.05, 0.1) is 18.4 Å². The first kappa shape index (κ1) is 14.4. The maximum atomic E-state index is 10.7. The van der Waals surface area contributed by atoms with E-state index in [0.29, 0.717) is 5.92 Å². The molecule has 1 unspecified atom stereocenters. The fourth-order valence-corrected chi connectivity index (χ4v) is 2.96. The number of carbonyl (C=O) groups is 1. The molecule has 1 saturated heterocycles. The summed E-state index contributed by atoms with van der Waals surface area (Å²) in [5.41, 5.74) is 1.14. The second-order valence-corrected chi connectivity index (χ2v) is 5.99. The van der Waals surface area contributed by atoms with Gasteiger partial charge in [0, 0.05) is 18.5 Å². The van der Waals surface area contributed by atoms with Crippen LogP contribution in [0.15, 0.2) is 11.4 Å². The van der Waals surface area contributed by atoms with E-state index in [1.165, 1.54) is 11.8 Å². The zero-order valence-corrected chi connectivity index (χ0v) is 12.2. The third kappa shape index (κ3) is 3.73. The van der Waals surface area contributed by atoms with E-state index in [-0.39, 0.29) is 11.9 Å². The molecule has 1 aliphatic heterocycles. The molecule has 1 aromatic rings. The van der Waals surface area contributed by atoms with E-state index in [2.05, 4.69) is 23.4 Å². The molecule has 5 nitrogen and oxygen atoms in total. The molecule has 0 bridgehead atoms. The number of carboxylic acids is 1. The molecule has 6 heteroatoms. The largest absolute Gasteiger partial charge is 0.481 e. The van der Waals surface area contributed by atoms with Crippen molar-refractivity contribution < 1.29 is 14.6 Å². The van der Waals surface area contributed by atoms with Crippen molar-refractivity contribution in [3.63, 3.8) is 0 Å². The molecule has 106 valence electrons. The number of thioether (sulfide) groups is 1. The monoisotopic (exact) mass is 284 g/mol. The first-order chi connectivity index (χ1) is 9.08. The highest BCUT2D eigenvalue weighted by molar-refractivity contribution is 7.99. The van der Waals surface area contributed by atoms with Crippen LogP contribution < -0.4 is 0 Å². The Labute approximate surface area is 117 Å². The zero-order chi connectivity index (χ0) is 13.8. The molecule has 1 aliphatic rings. The highest BCUT2D eigenvalue weighted by Crippen LogP contribution is 2.25. The standard InChI is InChI=1S/C13H20N2O3S/c1-9(2)11-6-14-13(19-8-12(16)17)15(11)7-10-4-3-5-18-10/h6,9-10H,3-5,7-8H2,1-2H3,(H,16,17). The van der Waals surface area contributed by atoms with Gasteiger partial charge in [-0.15, -0.1) is 0 Å². The van der Waals surface area contributed by atoms with Crippen LogP contribution in [0, 0.1) is 0 Å². The van der Waals surface area contributed by atoms with Crippen LogP contribution in [0.2, 0.25) is 0 Å². The third-order valence-electron chi connectivity index (χ3n) is 3.18. The van der Waals surface area contributed by atoms with Gasteiger partial charge >= 0.3 is 5.97 Å². The molecule has 1 aromatic heterocycles. The Balaban J connectivity index is 2.14. The summed E-state index contributed by atoms with van der Waals surface area (Å²) in [4.78, 5) is 15.0. The van der Waals surface area contributed by atoms with Crippen molar-refractivity contribution in [2.75, 3.05) is 12.4 Å². The smallest absolute Gasteiger partial charge is 0.313 e. The number of aliphatic carboxylic acids is 1. The first-order valence-corrected chi connectivity index (χ1v) is 7.58. The van der Waals surface area contributed by atoms with Gasteiger partial charge in [-0.2, -0.15) is 0 Å². The van der Waals surface area contributed by atoms with Crippen LogP contribution in [0.4, 0.5) is 0 Å². The Kier molecular flexibility index (Phi) is 4.87. The van der Waals surface area contributed by atoms with E-state index in [9.17, 15) is 4.79 Å². The summed E-state index contributed by atoms with van der Waals surface area (Å²) < 4.78 is 7.79. The molecule has 0 aromatic carbocycles. The quantitative estimate of drug-likeness (QED) is 0.812. The second kappa shape index (κ2) is 6.43. The third-order valence-corrected chi connectivity index (χ3v) is 4.15. The minimum atomic E-state index is -0.817. The van der Waals surface area contributed by atoms with E-state index in [4.69, 9.17) is 9.84 Å². The average Bonchev–Trinajstić information content (AvgIpc) is 2.96. The SMILES string of the molecule is CC(C)c1cnc(SCC(=O)O)n1CC1CCCO1. The lowest BCUT2D eigenvalue weighted by atomic mass is 10.1. The number of carboxylic acid groups (broad SMARTS) is 1. The fraction of sp³-hybridized carbons (Fsp3) is 0.692. The van der Waals surface area contributed by atoms with Crippen molar-refractivity contribution in [3.05, 3.63) is 11.9 Å². The molecule has 2 heterocycles. The van der Waals surface area contributed by atoms with E-state index in [1.54, 1.807) is 0 Å². The van der Waals surface area contributed by atoms with Crippen LogP contribution in [0.3, 0.4) is 0 Å². The number of nitrogens with zero attached hydrogens (tertiary/aromatic N) is 2. The zero-order valence-electron chi connectivity index (χ0n) is 11.3. The molecule has 1 fully saturated rings. The lowest BCUT2D eigenvalue weighted by Crippen LogP contribution is -2.18. The van der Waals surface area contributed by atoms with Crippen molar-refractivity contribution in [1.29, 1.82) is 0 Å². The van der Waals surface area contributed by atoms with Gasteiger partial charge in [-0.05, 0) is 18.8 Å². The van der Waals surface area contributed by atoms with E-state index < -0.39 is 5.97 Å². The average molecular weight is 284 g/mol. The van der Waals surface area contributed by atoms with Gasteiger partial charge in [0.15, 0.2) is 5.16 Å². The lowest BCUT2D eigenvalue weighted by molar-refractivity contribution is -0.133. The molecule has 19 heavy (non-hydrogen) atoms. The molecule has 1 atom stereocenters. The van der Waals surface area contributed by atoms with Crippen molar-refractivity contribution in [1.82, 2.24) is 9.55 Å². The van der Waals surface area contributed by atoms with Gasteiger partial charge in [0.1, 0.15) is 0 Å². The van der Waals surface area contributed by atoms with Crippen molar-refractivity contribution in [2.24, 2.45) is 0 Å². The Morgan fingerprint density at radius 2 is 2.47 bits per heavy atom. The first-order valence-electron chi connectivity index (χ1n) is 6.59. The molecule has 0 amide bonds. The van der Waals surface area contributed by atoms with Gasteiger partial charge in [-0.25, -0.2) is 4.98 Å². The molecule has 1 N–H and O–H groups in total. The van der Waals surface area contributed by atoms with Crippen LogP contribution in [0.25, 0.3) is 0 Å². The van der Waals surface area contributed by atoms with Crippen molar-refractivity contribution in [2.45, 2.75) is 50.4 Å². The van der Waals surface area contributed by atoms with E-state index in [0.717, 1.165) is 36.8 Å².